The average Bonchev–Trinajstić information content (AvgIpc) is 2.38. The molecule has 1 aromatic rings. The highest BCUT2D eigenvalue weighted by Gasteiger charge is 2.14. The monoisotopic (exact) mass is 223 g/mol. The van der Waals surface area contributed by atoms with Crippen molar-refractivity contribution in [1.29, 1.82) is 0 Å². The smallest absolute Gasteiger partial charge is 0.213 e. The molecule has 2 heterocycles. The highest BCUT2D eigenvalue weighted by molar-refractivity contribution is 5.15. The molecular formula is C12H17NO3. The minimum atomic E-state index is -0.0584. The number of aromatic nitrogens is 1. The first-order valence-electron chi connectivity index (χ1n) is 5.69. The molecule has 0 aliphatic carbocycles. The van der Waals surface area contributed by atoms with E-state index in [1.807, 2.05) is 6.07 Å². The molecule has 1 fully saturated rings. The van der Waals surface area contributed by atoms with Crippen molar-refractivity contribution in [2.45, 2.75) is 32.0 Å². The Labute approximate surface area is 95.2 Å². The van der Waals surface area contributed by atoms with Crippen molar-refractivity contribution in [2.75, 3.05) is 13.2 Å². The number of ether oxygens (including phenoxy) is 2. The van der Waals surface area contributed by atoms with Crippen LogP contribution in [0, 0.1) is 0 Å². The van der Waals surface area contributed by atoms with Crippen LogP contribution >= 0.6 is 0 Å². The van der Waals surface area contributed by atoms with E-state index in [0.29, 0.717) is 18.2 Å². The van der Waals surface area contributed by atoms with Gasteiger partial charge in [0.15, 0.2) is 0 Å². The van der Waals surface area contributed by atoms with E-state index in [4.69, 9.17) is 14.6 Å². The van der Waals surface area contributed by atoms with E-state index in [-0.39, 0.29) is 12.7 Å². The number of aliphatic hydroxyl groups is 1. The molecule has 0 aromatic carbocycles. The Morgan fingerprint density at radius 2 is 2.38 bits per heavy atom. The van der Waals surface area contributed by atoms with Gasteiger partial charge < -0.3 is 14.6 Å². The molecule has 1 aromatic heterocycles. The summed E-state index contributed by atoms with van der Waals surface area (Å²) in [6.07, 6.45) is 3.60. The molecule has 1 atom stereocenters. The van der Waals surface area contributed by atoms with Crippen LogP contribution in [0.2, 0.25) is 0 Å². The molecule has 16 heavy (non-hydrogen) atoms. The van der Waals surface area contributed by atoms with Crippen molar-refractivity contribution >= 4 is 0 Å². The number of rotatable bonds is 4. The molecule has 1 saturated heterocycles. The quantitative estimate of drug-likeness (QED) is 0.840. The fourth-order valence-corrected chi connectivity index (χ4v) is 1.74. The van der Waals surface area contributed by atoms with Gasteiger partial charge >= 0.3 is 0 Å². The molecule has 4 heteroatoms. The molecular weight excluding hydrogens is 206 g/mol. The number of nitrogens with zero attached hydrogens (tertiary/aromatic N) is 1. The maximum Gasteiger partial charge on any atom is 0.213 e. The van der Waals surface area contributed by atoms with Gasteiger partial charge in [-0.25, -0.2) is 4.98 Å². The summed E-state index contributed by atoms with van der Waals surface area (Å²) in [4.78, 5) is 4.15. The van der Waals surface area contributed by atoms with Crippen LogP contribution < -0.4 is 4.74 Å². The summed E-state index contributed by atoms with van der Waals surface area (Å²) < 4.78 is 11.1. The SMILES string of the molecule is OCc1cccc(OCC2CCCCO2)n1. The van der Waals surface area contributed by atoms with E-state index >= 15 is 0 Å². The zero-order valence-electron chi connectivity index (χ0n) is 9.26. The lowest BCUT2D eigenvalue weighted by atomic mass is 10.1. The van der Waals surface area contributed by atoms with Crippen LogP contribution in [0.15, 0.2) is 18.2 Å². The largest absolute Gasteiger partial charge is 0.475 e. The minimum Gasteiger partial charge on any atom is -0.475 e. The fourth-order valence-electron chi connectivity index (χ4n) is 1.74. The summed E-state index contributed by atoms with van der Waals surface area (Å²) >= 11 is 0. The predicted molar refractivity (Wildman–Crippen MR) is 59.2 cm³/mol. The lowest BCUT2D eigenvalue weighted by molar-refractivity contribution is -0.0120. The zero-order valence-corrected chi connectivity index (χ0v) is 9.26. The number of aliphatic hydroxyl groups excluding tert-OH is 1. The minimum absolute atomic E-state index is 0.0584. The van der Waals surface area contributed by atoms with Gasteiger partial charge in [0.25, 0.3) is 0 Å². The van der Waals surface area contributed by atoms with Gasteiger partial charge in [-0.15, -0.1) is 0 Å². The Morgan fingerprint density at radius 3 is 3.12 bits per heavy atom. The molecule has 2 rings (SSSR count). The van der Waals surface area contributed by atoms with Gasteiger partial charge in [0.05, 0.1) is 18.4 Å². The second-order valence-corrected chi connectivity index (χ2v) is 3.92. The highest BCUT2D eigenvalue weighted by atomic mass is 16.5. The van der Waals surface area contributed by atoms with E-state index in [9.17, 15) is 0 Å². The van der Waals surface area contributed by atoms with Crippen molar-refractivity contribution in [2.24, 2.45) is 0 Å². The van der Waals surface area contributed by atoms with Crippen LogP contribution in [-0.4, -0.2) is 29.4 Å². The van der Waals surface area contributed by atoms with Crippen LogP contribution in [0.5, 0.6) is 5.88 Å². The van der Waals surface area contributed by atoms with Gasteiger partial charge in [-0.2, -0.15) is 0 Å². The van der Waals surface area contributed by atoms with Crippen LogP contribution in [-0.2, 0) is 11.3 Å². The Balaban J connectivity index is 1.83. The lowest BCUT2D eigenvalue weighted by Crippen LogP contribution is -2.26. The molecule has 0 spiro atoms. The Kier molecular flexibility index (Phi) is 4.13. The zero-order chi connectivity index (χ0) is 11.2. The molecule has 0 saturated carbocycles. The first-order valence-corrected chi connectivity index (χ1v) is 5.69. The van der Waals surface area contributed by atoms with Crippen LogP contribution in [0.25, 0.3) is 0 Å². The van der Waals surface area contributed by atoms with Gasteiger partial charge in [-0.05, 0) is 25.3 Å². The van der Waals surface area contributed by atoms with Gasteiger partial charge in [-0.1, -0.05) is 6.07 Å². The molecule has 0 bridgehead atoms. The Bertz CT molecular complexity index is 324. The molecule has 1 aliphatic rings. The number of hydrogen-bond acceptors (Lipinski definition) is 4. The Morgan fingerprint density at radius 1 is 1.44 bits per heavy atom. The molecule has 0 amide bonds. The van der Waals surface area contributed by atoms with Gasteiger partial charge in [0.1, 0.15) is 6.61 Å². The lowest BCUT2D eigenvalue weighted by Gasteiger charge is -2.22. The normalized spacial score (nSPS) is 20.7. The molecule has 0 radical (unpaired) electrons. The second kappa shape index (κ2) is 5.82. The van der Waals surface area contributed by atoms with Crippen molar-refractivity contribution in [1.82, 2.24) is 4.98 Å². The highest BCUT2D eigenvalue weighted by Crippen LogP contribution is 2.14. The second-order valence-electron chi connectivity index (χ2n) is 3.92. The van der Waals surface area contributed by atoms with Crippen molar-refractivity contribution in [3.63, 3.8) is 0 Å². The van der Waals surface area contributed by atoms with E-state index in [1.165, 1.54) is 6.42 Å². The summed E-state index contributed by atoms with van der Waals surface area (Å²) in [6.45, 7) is 1.32. The van der Waals surface area contributed by atoms with Crippen LogP contribution in [0.4, 0.5) is 0 Å². The van der Waals surface area contributed by atoms with Crippen molar-refractivity contribution in [3.8, 4) is 5.88 Å². The molecule has 1 N–H and O–H groups in total. The Hall–Kier alpha value is -1.13. The standard InChI is InChI=1S/C12H17NO3/c14-8-10-4-3-6-12(13-10)16-9-11-5-1-2-7-15-11/h3-4,6,11,14H,1-2,5,7-9H2. The first-order chi connectivity index (χ1) is 7.88. The van der Waals surface area contributed by atoms with Crippen LogP contribution in [0.1, 0.15) is 25.0 Å². The molecule has 88 valence electrons. The first kappa shape index (κ1) is 11.4. The average molecular weight is 223 g/mol. The van der Waals surface area contributed by atoms with E-state index in [0.717, 1.165) is 19.4 Å². The summed E-state index contributed by atoms with van der Waals surface area (Å²) in [5.74, 6) is 0.556. The molecule has 1 unspecified atom stereocenters. The molecule has 1 aliphatic heterocycles. The predicted octanol–water partition coefficient (Wildman–Crippen LogP) is 1.52. The third-order valence-electron chi connectivity index (χ3n) is 2.63. The maximum absolute atomic E-state index is 8.94. The van der Waals surface area contributed by atoms with Gasteiger partial charge in [0, 0.05) is 12.7 Å². The van der Waals surface area contributed by atoms with Gasteiger partial charge in [0.2, 0.25) is 5.88 Å². The van der Waals surface area contributed by atoms with Crippen molar-refractivity contribution in [3.05, 3.63) is 23.9 Å². The summed E-state index contributed by atoms with van der Waals surface area (Å²) in [7, 11) is 0. The third kappa shape index (κ3) is 3.18. The van der Waals surface area contributed by atoms with E-state index < -0.39 is 0 Å². The number of hydrogen-bond donors (Lipinski definition) is 1. The summed E-state index contributed by atoms with van der Waals surface area (Å²) in [5, 5.41) is 8.94. The summed E-state index contributed by atoms with van der Waals surface area (Å²) in [5.41, 5.74) is 0.627. The van der Waals surface area contributed by atoms with Crippen molar-refractivity contribution < 1.29 is 14.6 Å². The summed E-state index contributed by atoms with van der Waals surface area (Å²) in [6, 6.07) is 5.39. The molecule has 4 nitrogen and oxygen atoms in total. The van der Waals surface area contributed by atoms with Crippen LogP contribution in [0.3, 0.4) is 0 Å². The number of pyridine rings is 1. The van der Waals surface area contributed by atoms with E-state index in [1.54, 1.807) is 12.1 Å². The van der Waals surface area contributed by atoms with E-state index in [2.05, 4.69) is 4.98 Å². The fraction of sp³-hybridized carbons (Fsp3) is 0.583. The van der Waals surface area contributed by atoms with Gasteiger partial charge in [-0.3, -0.25) is 0 Å². The topological polar surface area (TPSA) is 51.6 Å². The third-order valence-corrected chi connectivity index (χ3v) is 2.63. The maximum atomic E-state index is 8.94.